The molecule has 0 aromatic rings. The molecule has 2 heteroatoms. The van der Waals surface area contributed by atoms with Crippen LogP contribution in [0.4, 0.5) is 0 Å². The number of hydrogen-bond acceptors (Lipinski definition) is 1. The van der Waals surface area contributed by atoms with Crippen molar-refractivity contribution in [1.29, 1.82) is 0 Å². The molecule has 1 saturated carbocycles. The van der Waals surface area contributed by atoms with Crippen LogP contribution in [0.3, 0.4) is 0 Å². The summed E-state index contributed by atoms with van der Waals surface area (Å²) in [7, 11) is 0. The number of allylic oxidation sites excluding steroid dienone is 1. The molecule has 0 spiro atoms. The van der Waals surface area contributed by atoms with E-state index in [0.717, 1.165) is 5.92 Å². The number of thioether (sulfide) groups is 1. The summed E-state index contributed by atoms with van der Waals surface area (Å²) in [6.07, 6.45) is 16.8. The molecule has 1 fully saturated rings. The van der Waals surface area contributed by atoms with Gasteiger partial charge in [0.15, 0.2) is 0 Å². The predicted octanol–water partition coefficient (Wildman–Crippen LogP) is 4.79. The minimum absolute atomic E-state index is 0.789. The van der Waals surface area contributed by atoms with Crippen molar-refractivity contribution in [2.24, 2.45) is 5.92 Å². The number of rotatable bonds is 1. The molecule has 2 rings (SSSR count). The van der Waals surface area contributed by atoms with Crippen LogP contribution in [0.2, 0.25) is 0 Å². The molecule has 2 aliphatic rings. The third-order valence-corrected chi connectivity index (χ3v) is 4.53. The van der Waals surface area contributed by atoms with Crippen molar-refractivity contribution in [3.8, 4) is 0 Å². The van der Waals surface area contributed by atoms with Gasteiger partial charge in [-0.2, -0.15) is 0 Å². The topological polar surface area (TPSA) is 14.1 Å². The van der Waals surface area contributed by atoms with Gasteiger partial charge in [0.25, 0.3) is 0 Å². The average Bonchev–Trinajstić information content (AvgIpc) is 2.37. The van der Waals surface area contributed by atoms with Crippen LogP contribution in [0, 0.1) is 5.92 Å². The lowest BCUT2D eigenvalue weighted by atomic mass is 9.92. The molecule has 0 aromatic heterocycles. The Kier molecular flexibility index (Phi) is 5.33. The molecule has 0 amide bonds. The summed E-state index contributed by atoms with van der Waals surface area (Å²) in [4.78, 5) is 1.50. The summed E-state index contributed by atoms with van der Waals surface area (Å²) in [5.74, 6) is 0.789. The van der Waals surface area contributed by atoms with Crippen molar-refractivity contribution < 1.29 is 0 Å². The van der Waals surface area contributed by atoms with Crippen LogP contribution in [-0.4, -0.2) is 0 Å². The standard InChI is InChI=1S/C14H22NS/c1-2-4-6-8-13(9-7-5-3-1)14-12-15-10-11-16-14/h10-13H,1-9H2. The van der Waals surface area contributed by atoms with E-state index in [1.54, 1.807) is 0 Å². The molecule has 16 heavy (non-hydrogen) atoms. The van der Waals surface area contributed by atoms with E-state index in [9.17, 15) is 0 Å². The minimum atomic E-state index is 0.789. The van der Waals surface area contributed by atoms with Crippen LogP contribution >= 0.6 is 11.8 Å². The maximum absolute atomic E-state index is 4.27. The maximum atomic E-state index is 4.27. The molecule has 1 aliphatic carbocycles. The first-order valence-electron chi connectivity index (χ1n) is 6.68. The van der Waals surface area contributed by atoms with Gasteiger partial charge >= 0.3 is 0 Å². The SMILES string of the molecule is C1=CSC(C2CCCCCCCCC2)=C[N]1. The zero-order valence-electron chi connectivity index (χ0n) is 10.0. The summed E-state index contributed by atoms with van der Waals surface area (Å²) >= 11 is 1.88. The van der Waals surface area contributed by atoms with E-state index in [2.05, 4.69) is 16.9 Å². The monoisotopic (exact) mass is 236 g/mol. The molecule has 1 radical (unpaired) electrons. The summed E-state index contributed by atoms with van der Waals surface area (Å²) in [6.45, 7) is 0. The second-order valence-corrected chi connectivity index (χ2v) is 5.81. The van der Waals surface area contributed by atoms with Crippen LogP contribution in [0.25, 0.3) is 0 Å². The summed E-state index contributed by atoms with van der Waals surface area (Å²) in [5.41, 5.74) is 0. The van der Waals surface area contributed by atoms with Gasteiger partial charge in [-0.1, -0.05) is 56.7 Å². The Labute approximate surface area is 104 Å². The molecular weight excluding hydrogens is 214 g/mol. The van der Waals surface area contributed by atoms with Gasteiger partial charge < -0.3 is 0 Å². The number of nitrogens with zero attached hydrogens (tertiary/aromatic N) is 1. The van der Waals surface area contributed by atoms with E-state index in [-0.39, 0.29) is 0 Å². The van der Waals surface area contributed by atoms with Gasteiger partial charge in [-0.05, 0) is 24.2 Å². The van der Waals surface area contributed by atoms with Gasteiger partial charge in [-0.15, -0.1) is 0 Å². The Morgan fingerprint density at radius 1 is 0.938 bits per heavy atom. The van der Waals surface area contributed by atoms with E-state index in [1.807, 2.05) is 18.0 Å². The molecule has 0 unspecified atom stereocenters. The molecule has 0 atom stereocenters. The van der Waals surface area contributed by atoms with Crippen molar-refractivity contribution in [1.82, 2.24) is 5.32 Å². The van der Waals surface area contributed by atoms with Gasteiger partial charge in [-0.3, -0.25) is 5.32 Å². The Hall–Kier alpha value is -0.370. The van der Waals surface area contributed by atoms with E-state index < -0.39 is 0 Å². The van der Waals surface area contributed by atoms with Crippen LogP contribution in [-0.2, 0) is 0 Å². The van der Waals surface area contributed by atoms with Gasteiger partial charge in [-0.25, -0.2) is 0 Å². The quantitative estimate of drug-likeness (QED) is 0.638. The smallest absolute Gasteiger partial charge is 0.0369 e. The molecule has 1 aliphatic heterocycles. The summed E-state index contributed by atoms with van der Waals surface area (Å²) in [5, 5.41) is 6.39. The Morgan fingerprint density at radius 3 is 2.12 bits per heavy atom. The first kappa shape index (κ1) is 12.1. The van der Waals surface area contributed by atoms with E-state index >= 15 is 0 Å². The van der Waals surface area contributed by atoms with Crippen molar-refractivity contribution in [3.05, 3.63) is 22.7 Å². The molecular formula is C14H22NS. The third kappa shape index (κ3) is 3.89. The maximum Gasteiger partial charge on any atom is 0.0369 e. The predicted molar refractivity (Wildman–Crippen MR) is 72.0 cm³/mol. The summed E-state index contributed by atoms with van der Waals surface area (Å²) in [6, 6.07) is 0. The van der Waals surface area contributed by atoms with Crippen molar-refractivity contribution >= 4 is 11.8 Å². The molecule has 0 aromatic carbocycles. The molecule has 0 bridgehead atoms. The number of hydrogen-bond donors (Lipinski definition) is 0. The van der Waals surface area contributed by atoms with Crippen LogP contribution in [0.1, 0.15) is 57.8 Å². The second-order valence-electron chi connectivity index (χ2n) is 4.83. The van der Waals surface area contributed by atoms with Crippen LogP contribution in [0.5, 0.6) is 0 Å². The Balaban J connectivity index is 1.86. The zero-order chi connectivity index (χ0) is 11.1. The lowest BCUT2D eigenvalue weighted by molar-refractivity contribution is 0.439. The minimum Gasteiger partial charge on any atom is -0.263 e. The summed E-state index contributed by atoms with van der Waals surface area (Å²) < 4.78 is 0. The first-order chi connectivity index (χ1) is 7.97. The normalized spacial score (nSPS) is 24.6. The van der Waals surface area contributed by atoms with E-state index in [0.29, 0.717) is 0 Å². The van der Waals surface area contributed by atoms with Gasteiger partial charge in [0.2, 0.25) is 0 Å². The van der Waals surface area contributed by atoms with Crippen molar-refractivity contribution in [2.75, 3.05) is 0 Å². The molecule has 1 heterocycles. The Morgan fingerprint density at radius 2 is 1.56 bits per heavy atom. The average molecular weight is 236 g/mol. The van der Waals surface area contributed by atoms with Gasteiger partial charge in [0, 0.05) is 17.3 Å². The fourth-order valence-corrected chi connectivity index (χ4v) is 3.43. The molecule has 0 saturated heterocycles. The van der Waals surface area contributed by atoms with Gasteiger partial charge in [0.1, 0.15) is 0 Å². The highest BCUT2D eigenvalue weighted by molar-refractivity contribution is 8.05. The lowest BCUT2D eigenvalue weighted by Gasteiger charge is -2.21. The molecule has 89 valence electrons. The fourth-order valence-electron chi connectivity index (χ4n) is 2.59. The first-order valence-corrected chi connectivity index (χ1v) is 7.56. The third-order valence-electron chi connectivity index (χ3n) is 3.56. The van der Waals surface area contributed by atoms with Crippen LogP contribution in [0.15, 0.2) is 22.7 Å². The zero-order valence-corrected chi connectivity index (χ0v) is 10.8. The van der Waals surface area contributed by atoms with E-state index in [4.69, 9.17) is 0 Å². The van der Waals surface area contributed by atoms with Crippen molar-refractivity contribution in [2.45, 2.75) is 57.8 Å². The second kappa shape index (κ2) is 7.05. The Bertz CT molecular complexity index is 247. The lowest BCUT2D eigenvalue weighted by Crippen LogP contribution is -2.06. The van der Waals surface area contributed by atoms with Crippen molar-refractivity contribution in [3.63, 3.8) is 0 Å². The highest BCUT2D eigenvalue weighted by atomic mass is 32.2. The largest absolute Gasteiger partial charge is 0.263 e. The molecule has 0 N–H and O–H groups in total. The van der Waals surface area contributed by atoms with Crippen LogP contribution < -0.4 is 5.32 Å². The van der Waals surface area contributed by atoms with E-state index in [1.165, 1.54) is 62.7 Å². The van der Waals surface area contributed by atoms with Gasteiger partial charge in [0.05, 0.1) is 0 Å². The fraction of sp³-hybridized carbons (Fsp3) is 0.714. The highest BCUT2D eigenvalue weighted by Crippen LogP contribution is 2.35. The molecule has 1 nitrogen and oxygen atoms in total. The highest BCUT2D eigenvalue weighted by Gasteiger charge is 2.16.